The van der Waals surface area contributed by atoms with Crippen LogP contribution in [0, 0.1) is 5.92 Å². The van der Waals surface area contributed by atoms with Gasteiger partial charge in [0.05, 0.1) is 18.2 Å². The van der Waals surface area contributed by atoms with E-state index in [0.717, 1.165) is 0 Å². The predicted octanol–water partition coefficient (Wildman–Crippen LogP) is 2.51. The Morgan fingerprint density at radius 1 is 1.04 bits per heavy atom. The molecule has 0 aromatic heterocycles. The lowest BCUT2D eigenvalue weighted by Gasteiger charge is -2.19. The number of carbonyl (C=O) groups excluding carboxylic acids is 2. The molecule has 2 rings (SSSR count). The van der Waals surface area contributed by atoms with E-state index >= 15 is 0 Å². The number of rotatable bonds is 8. The largest absolute Gasteiger partial charge is 0.481 e. The Morgan fingerprint density at radius 3 is 2.31 bits per heavy atom. The lowest BCUT2D eigenvalue weighted by molar-refractivity contribution is -0.141. The normalized spacial score (nSPS) is 11.8. The number of para-hydroxylation sites is 1. The summed E-state index contributed by atoms with van der Waals surface area (Å²) in [5.74, 6) is -1.96. The standard InChI is InChI=1S/C20H22N2O4/c1-14(20(25)26)12-22(2)13-18(23)21-17-11-7-6-10-16(17)19(24)15-8-4-3-5-9-15/h3-11,14H,12-13H2,1-2H3,(H,21,23)(H,25,26). The highest BCUT2D eigenvalue weighted by atomic mass is 16.4. The average Bonchev–Trinajstić information content (AvgIpc) is 2.62. The minimum Gasteiger partial charge on any atom is -0.481 e. The Bertz CT molecular complexity index is 789. The molecule has 2 N–H and O–H groups in total. The van der Waals surface area contributed by atoms with Gasteiger partial charge in [-0.3, -0.25) is 19.3 Å². The second-order valence-electron chi connectivity index (χ2n) is 6.22. The van der Waals surface area contributed by atoms with Gasteiger partial charge in [0.15, 0.2) is 5.78 Å². The van der Waals surface area contributed by atoms with Crippen molar-refractivity contribution < 1.29 is 19.5 Å². The van der Waals surface area contributed by atoms with E-state index in [0.29, 0.717) is 16.8 Å². The van der Waals surface area contributed by atoms with E-state index in [1.54, 1.807) is 67.4 Å². The van der Waals surface area contributed by atoms with E-state index in [-0.39, 0.29) is 24.8 Å². The molecule has 1 amide bonds. The molecule has 2 aromatic carbocycles. The van der Waals surface area contributed by atoms with Crippen LogP contribution >= 0.6 is 0 Å². The van der Waals surface area contributed by atoms with Crippen LogP contribution < -0.4 is 5.32 Å². The summed E-state index contributed by atoms with van der Waals surface area (Å²) in [6.45, 7) is 1.88. The van der Waals surface area contributed by atoms with Gasteiger partial charge in [-0.15, -0.1) is 0 Å². The highest BCUT2D eigenvalue weighted by Gasteiger charge is 2.18. The van der Waals surface area contributed by atoms with E-state index in [1.165, 1.54) is 0 Å². The van der Waals surface area contributed by atoms with Gasteiger partial charge in [0, 0.05) is 17.7 Å². The zero-order valence-corrected chi connectivity index (χ0v) is 14.8. The molecule has 0 radical (unpaired) electrons. The van der Waals surface area contributed by atoms with Crippen LogP contribution in [0.2, 0.25) is 0 Å². The number of hydrogen-bond donors (Lipinski definition) is 2. The third-order valence-electron chi connectivity index (χ3n) is 3.90. The predicted molar refractivity (Wildman–Crippen MR) is 99.2 cm³/mol. The molecule has 0 bridgehead atoms. The third kappa shape index (κ3) is 5.26. The Morgan fingerprint density at radius 2 is 1.65 bits per heavy atom. The van der Waals surface area contributed by atoms with Crippen molar-refractivity contribution in [2.75, 3.05) is 25.5 Å². The Hall–Kier alpha value is -2.99. The van der Waals surface area contributed by atoms with E-state index in [2.05, 4.69) is 5.32 Å². The second-order valence-corrected chi connectivity index (χ2v) is 6.22. The molecule has 6 nitrogen and oxygen atoms in total. The van der Waals surface area contributed by atoms with Gasteiger partial charge in [-0.2, -0.15) is 0 Å². The molecule has 0 fully saturated rings. The molecule has 0 saturated heterocycles. The molecule has 1 unspecified atom stereocenters. The molecule has 0 heterocycles. The quantitative estimate of drug-likeness (QED) is 0.711. The van der Waals surface area contributed by atoms with E-state index in [9.17, 15) is 14.4 Å². The minimum absolute atomic E-state index is 0.0332. The topological polar surface area (TPSA) is 86.7 Å². The third-order valence-corrected chi connectivity index (χ3v) is 3.90. The summed E-state index contributed by atoms with van der Waals surface area (Å²) in [4.78, 5) is 37.5. The van der Waals surface area contributed by atoms with Crippen LogP contribution in [0.25, 0.3) is 0 Å². The van der Waals surface area contributed by atoms with Crippen molar-refractivity contribution >= 4 is 23.3 Å². The number of anilines is 1. The number of likely N-dealkylation sites (N-methyl/N-ethyl adjacent to an activating group) is 1. The fraction of sp³-hybridized carbons (Fsp3) is 0.250. The van der Waals surface area contributed by atoms with Crippen molar-refractivity contribution in [3.63, 3.8) is 0 Å². The van der Waals surface area contributed by atoms with Crippen LogP contribution in [0.5, 0.6) is 0 Å². The highest BCUT2D eigenvalue weighted by Crippen LogP contribution is 2.19. The zero-order valence-electron chi connectivity index (χ0n) is 14.8. The molecular formula is C20H22N2O4. The maximum Gasteiger partial charge on any atom is 0.307 e. The number of nitrogens with one attached hydrogen (secondary N) is 1. The minimum atomic E-state index is -0.906. The second kappa shape index (κ2) is 8.92. The van der Waals surface area contributed by atoms with Crippen LogP contribution in [-0.2, 0) is 9.59 Å². The first-order chi connectivity index (χ1) is 12.4. The SMILES string of the molecule is CC(CN(C)CC(=O)Nc1ccccc1C(=O)c1ccccc1)C(=O)O. The van der Waals surface area contributed by atoms with Gasteiger partial charge in [-0.1, -0.05) is 49.4 Å². The first-order valence-electron chi connectivity index (χ1n) is 8.28. The molecule has 136 valence electrons. The summed E-state index contributed by atoms with van der Waals surface area (Å²) in [5, 5.41) is 11.7. The number of aliphatic carboxylic acids is 1. The zero-order chi connectivity index (χ0) is 19.1. The van der Waals surface area contributed by atoms with Gasteiger partial charge in [-0.25, -0.2) is 0 Å². The molecule has 0 spiro atoms. The van der Waals surface area contributed by atoms with Crippen LogP contribution in [0.4, 0.5) is 5.69 Å². The molecular weight excluding hydrogens is 332 g/mol. The van der Waals surface area contributed by atoms with Crippen LogP contribution in [0.1, 0.15) is 22.8 Å². The molecule has 6 heteroatoms. The van der Waals surface area contributed by atoms with Crippen molar-refractivity contribution in [1.29, 1.82) is 0 Å². The Balaban J connectivity index is 2.07. The van der Waals surface area contributed by atoms with Crippen molar-refractivity contribution in [2.24, 2.45) is 5.92 Å². The molecule has 0 aliphatic carbocycles. The van der Waals surface area contributed by atoms with Crippen LogP contribution in [0.15, 0.2) is 54.6 Å². The summed E-state index contributed by atoms with van der Waals surface area (Å²) in [7, 11) is 1.68. The Labute approximate surface area is 152 Å². The average molecular weight is 354 g/mol. The summed E-state index contributed by atoms with van der Waals surface area (Å²) in [6, 6.07) is 15.7. The van der Waals surface area contributed by atoms with Gasteiger partial charge in [0.2, 0.25) is 5.91 Å². The van der Waals surface area contributed by atoms with E-state index < -0.39 is 11.9 Å². The number of carbonyl (C=O) groups is 3. The lowest BCUT2D eigenvalue weighted by atomic mass is 10.0. The number of carboxylic acid groups (broad SMARTS) is 1. The van der Waals surface area contributed by atoms with E-state index in [4.69, 9.17) is 5.11 Å². The van der Waals surface area contributed by atoms with Gasteiger partial charge >= 0.3 is 5.97 Å². The van der Waals surface area contributed by atoms with E-state index in [1.807, 2.05) is 6.07 Å². The number of hydrogen-bond acceptors (Lipinski definition) is 4. The fourth-order valence-electron chi connectivity index (χ4n) is 2.58. The maximum atomic E-state index is 12.7. The molecule has 0 aliphatic rings. The molecule has 26 heavy (non-hydrogen) atoms. The summed E-state index contributed by atoms with van der Waals surface area (Å²) in [6.07, 6.45) is 0. The maximum absolute atomic E-state index is 12.7. The molecule has 0 aliphatic heterocycles. The first kappa shape index (κ1) is 19.3. The first-order valence-corrected chi connectivity index (χ1v) is 8.28. The number of amides is 1. The number of carboxylic acids is 1. The van der Waals surface area contributed by atoms with Crippen molar-refractivity contribution in [3.8, 4) is 0 Å². The molecule has 0 saturated carbocycles. The van der Waals surface area contributed by atoms with Gasteiger partial charge < -0.3 is 10.4 Å². The Kier molecular flexibility index (Phi) is 6.63. The number of ketones is 1. The van der Waals surface area contributed by atoms with Crippen molar-refractivity contribution in [1.82, 2.24) is 4.90 Å². The summed E-state index contributed by atoms with van der Waals surface area (Å²) < 4.78 is 0. The monoisotopic (exact) mass is 354 g/mol. The lowest BCUT2D eigenvalue weighted by Crippen LogP contribution is -2.35. The van der Waals surface area contributed by atoms with Crippen molar-refractivity contribution in [3.05, 3.63) is 65.7 Å². The number of benzene rings is 2. The van der Waals surface area contributed by atoms with Crippen LogP contribution in [0.3, 0.4) is 0 Å². The molecule has 2 aromatic rings. The van der Waals surface area contributed by atoms with Crippen LogP contribution in [-0.4, -0.2) is 47.8 Å². The van der Waals surface area contributed by atoms with Gasteiger partial charge in [0.1, 0.15) is 0 Å². The molecule has 1 atom stereocenters. The van der Waals surface area contributed by atoms with Gasteiger partial charge in [-0.05, 0) is 19.2 Å². The summed E-state index contributed by atoms with van der Waals surface area (Å²) >= 11 is 0. The number of nitrogens with zero attached hydrogens (tertiary/aromatic N) is 1. The fourth-order valence-corrected chi connectivity index (χ4v) is 2.58. The van der Waals surface area contributed by atoms with Gasteiger partial charge in [0.25, 0.3) is 0 Å². The smallest absolute Gasteiger partial charge is 0.307 e. The highest BCUT2D eigenvalue weighted by molar-refractivity contribution is 6.13. The summed E-state index contributed by atoms with van der Waals surface area (Å²) in [5.41, 5.74) is 1.39. The van der Waals surface area contributed by atoms with Crippen molar-refractivity contribution in [2.45, 2.75) is 6.92 Å².